The molecule has 0 saturated carbocycles. The van der Waals surface area contributed by atoms with E-state index in [1.165, 1.54) is 41.6 Å². The van der Waals surface area contributed by atoms with E-state index in [-0.39, 0.29) is 12.3 Å². The Hall–Kier alpha value is -2.53. The molecule has 146 valence electrons. The van der Waals surface area contributed by atoms with E-state index in [4.69, 9.17) is 4.74 Å². The van der Waals surface area contributed by atoms with Crippen molar-refractivity contribution in [1.82, 2.24) is 24.7 Å². The number of carboxylic acid groups (broad SMARTS) is 1. The number of hydrogen-bond donors (Lipinski definition) is 1. The first-order valence-electron chi connectivity index (χ1n) is 8.06. The predicted molar refractivity (Wildman–Crippen MR) is 105 cm³/mol. The Morgan fingerprint density at radius 1 is 1.36 bits per heavy atom. The van der Waals surface area contributed by atoms with Gasteiger partial charge in [0.05, 0.1) is 11.9 Å². The minimum atomic E-state index is -1.51. The molecule has 0 bridgehead atoms. The van der Waals surface area contributed by atoms with Crippen molar-refractivity contribution in [1.29, 1.82) is 0 Å². The van der Waals surface area contributed by atoms with Crippen LogP contribution >= 0.6 is 27.7 Å². The van der Waals surface area contributed by atoms with Crippen molar-refractivity contribution in [3.05, 3.63) is 47.3 Å². The van der Waals surface area contributed by atoms with Crippen LogP contribution in [0.1, 0.15) is 13.3 Å². The highest BCUT2D eigenvalue weighted by molar-refractivity contribution is 9.10. The van der Waals surface area contributed by atoms with Gasteiger partial charge in [0.2, 0.25) is 11.8 Å². The van der Waals surface area contributed by atoms with E-state index < -0.39 is 16.9 Å². The van der Waals surface area contributed by atoms with Crippen LogP contribution < -0.4 is 4.74 Å². The maximum atomic E-state index is 13.3. The lowest BCUT2D eigenvalue weighted by atomic mass is 10.2. The summed E-state index contributed by atoms with van der Waals surface area (Å²) in [6, 6.07) is 2.74. The fraction of sp³-hybridized carbons (Fsp3) is 0.235. The van der Waals surface area contributed by atoms with Crippen LogP contribution in [0.4, 0.5) is 4.39 Å². The number of carboxylic acids is 1. The number of hydrogen-bond acceptors (Lipinski definition) is 7. The minimum absolute atomic E-state index is 0.0589. The monoisotopic (exact) mass is 467 g/mol. The smallest absolute Gasteiger partial charge is 0.358 e. The van der Waals surface area contributed by atoms with E-state index in [9.17, 15) is 14.3 Å². The van der Waals surface area contributed by atoms with Crippen molar-refractivity contribution in [2.45, 2.75) is 18.3 Å². The molecule has 8 nitrogen and oxygen atoms in total. The molecule has 0 aliphatic carbocycles. The van der Waals surface area contributed by atoms with E-state index >= 15 is 0 Å². The maximum Gasteiger partial charge on any atom is 0.358 e. The number of carbonyl (C=O) groups is 1. The zero-order chi connectivity index (χ0) is 20.3. The van der Waals surface area contributed by atoms with Gasteiger partial charge in [-0.25, -0.2) is 19.4 Å². The number of aromatic nitrogens is 5. The van der Waals surface area contributed by atoms with Crippen LogP contribution in [0.3, 0.4) is 0 Å². The van der Waals surface area contributed by atoms with Crippen molar-refractivity contribution < 1.29 is 19.0 Å². The first kappa shape index (κ1) is 20.2. The molecular weight excluding hydrogens is 453 g/mol. The summed E-state index contributed by atoms with van der Waals surface area (Å²) in [6.07, 6.45) is 7.69. The Morgan fingerprint density at radius 2 is 2.14 bits per heavy atom. The van der Waals surface area contributed by atoms with Gasteiger partial charge in [-0.2, -0.15) is 4.39 Å². The van der Waals surface area contributed by atoms with Gasteiger partial charge in [0, 0.05) is 30.6 Å². The normalized spacial score (nSPS) is 13.1. The van der Waals surface area contributed by atoms with Crippen molar-refractivity contribution >= 4 is 33.7 Å². The maximum absolute atomic E-state index is 13.3. The molecule has 1 N–H and O–H groups in total. The highest BCUT2D eigenvalue weighted by Crippen LogP contribution is 2.40. The highest BCUT2D eigenvalue weighted by Gasteiger charge is 2.40. The van der Waals surface area contributed by atoms with E-state index in [2.05, 4.69) is 36.0 Å². The second-order valence-electron chi connectivity index (χ2n) is 5.53. The minimum Gasteiger partial charge on any atom is -0.478 e. The Morgan fingerprint density at radius 3 is 2.68 bits per heavy atom. The molecule has 0 radical (unpaired) electrons. The summed E-state index contributed by atoms with van der Waals surface area (Å²) in [5.41, 5.74) is 1.00. The van der Waals surface area contributed by atoms with E-state index in [1.54, 1.807) is 13.2 Å². The Labute approximate surface area is 172 Å². The van der Waals surface area contributed by atoms with Crippen LogP contribution in [0.15, 0.2) is 41.4 Å². The number of rotatable bonds is 7. The van der Waals surface area contributed by atoms with Gasteiger partial charge in [0.15, 0.2) is 5.82 Å². The molecule has 3 heterocycles. The average Bonchev–Trinajstić information content (AvgIpc) is 3.03. The van der Waals surface area contributed by atoms with Gasteiger partial charge in [-0.1, -0.05) is 6.92 Å². The van der Waals surface area contributed by atoms with Gasteiger partial charge in [0.1, 0.15) is 4.47 Å². The summed E-state index contributed by atoms with van der Waals surface area (Å²) in [7, 11) is 0. The zero-order valence-electron chi connectivity index (χ0n) is 14.8. The van der Waals surface area contributed by atoms with E-state index in [0.29, 0.717) is 21.5 Å². The van der Waals surface area contributed by atoms with Crippen LogP contribution in [0.5, 0.6) is 5.88 Å². The first-order valence-corrected chi connectivity index (χ1v) is 10.1. The summed E-state index contributed by atoms with van der Waals surface area (Å²) < 4.78 is 20.9. The fourth-order valence-electron chi connectivity index (χ4n) is 2.47. The summed E-state index contributed by atoms with van der Waals surface area (Å²) in [6.45, 7) is 1.71. The molecule has 0 saturated heterocycles. The summed E-state index contributed by atoms with van der Waals surface area (Å²) >= 11 is 4.49. The van der Waals surface area contributed by atoms with Crippen molar-refractivity contribution in [2.24, 2.45) is 0 Å². The number of pyridine rings is 1. The fourth-order valence-corrected chi connectivity index (χ4v) is 3.65. The highest BCUT2D eigenvalue weighted by atomic mass is 79.9. The number of aliphatic carboxylic acids is 1. The lowest BCUT2D eigenvalue weighted by Gasteiger charge is -2.25. The molecule has 0 aliphatic rings. The Balaban J connectivity index is 2.18. The van der Waals surface area contributed by atoms with Gasteiger partial charge >= 0.3 is 5.97 Å². The average molecular weight is 468 g/mol. The molecule has 0 fully saturated rings. The van der Waals surface area contributed by atoms with Crippen molar-refractivity contribution in [2.75, 3.05) is 6.26 Å². The molecule has 0 aliphatic heterocycles. The predicted octanol–water partition coefficient (Wildman–Crippen LogP) is 3.56. The van der Waals surface area contributed by atoms with Crippen molar-refractivity contribution in [3.63, 3.8) is 0 Å². The molecule has 0 amide bonds. The SMILES string of the molecule is CCC(Oc1nn(-c2cnccn2)c(-c2ccc(F)nc2)c1Br)(SC)C(=O)O. The second-order valence-corrected chi connectivity index (χ2v) is 7.39. The van der Waals surface area contributed by atoms with Gasteiger partial charge in [-0.3, -0.25) is 4.98 Å². The second kappa shape index (κ2) is 8.23. The van der Waals surface area contributed by atoms with Crippen LogP contribution in [-0.2, 0) is 4.79 Å². The number of ether oxygens (including phenoxy) is 1. The summed E-state index contributed by atoms with van der Waals surface area (Å²) in [5.74, 6) is -1.31. The summed E-state index contributed by atoms with van der Waals surface area (Å²) in [4.78, 5) is 22.2. The Kier molecular flexibility index (Phi) is 5.94. The first-order chi connectivity index (χ1) is 13.4. The van der Waals surface area contributed by atoms with Crippen molar-refractivity contribution in [3.8, 4) is 23.0 Å². The summed E-state index contributed by atoms with van der Waals surface area (Å²) in [5, 5.41) is 14.0. The van der Waals surface area contributed by atoms with Gasteiger partial charge in [-0.05, 0) is 34.3 Å². The van der Waals surface area contributed by atoms with Crippen LogP contribution in [-0.4, -0.2) is 47.0 Å². The molecule has 1 unspecified atom stereocenters. The quantitative estimate of drug-likeness (QED) is 0.415. The largest absolute Gasteiger partial charge is 0.478 e. The number of nitrogens with zero attached hydrogens (tertiary/aromatic N) is 5. The molecule has 11 heteroatoms. The number of halogens is 2. The molecule has 3 aromatic rings. The zero-order valence-corrected chi connectivity index (χ0v) is 17.2. The topological polar surface area (TPSA) is 103 Å². The van der Waals surface area contributed by atoms with E-state index in [0.717, 1.165) is 11.8 Å². The van der Waals surface area contributed by atoms with E-state index in [1.807, 2.05) is 0 Å². The van der Waals surface area contributed by atoms with Crippen LogP contribution in [0.25, 0.3) is 17.1 Å². The van der Waals surface area contributed by atoms with Gasteiger partial charge in [0.25, 0.3) is 4.93 Å². The third-order valence-corrected chi connectivity index (χ3v) is 5.87. The van der Waals surface area contributed by atoms with Crippen LogP contribution in [0, 0.1) is 5.95 Å². The molecule has 3 aromatic heterocycles. The standard InChI is InChI=1S/C17H15BrFN5O3S/c1-3-17(28-2,16(25)26)27-15-13(18)14(10-4-5-11(19)22-8-10)24(23-15)12-9-20-6-7-21-12/h4-9H,3H2,1-2H3,(H,25,26). The third-order valence-electron chi connectivity index (χ3n) is 3.95. The Bertz CT molecular complexity index is 980. The third kappa shape index (κ3) is 3.72. The molecule has 0 spiro atoms. The van der Waals surface area contributed by atoms with Gasteiger partial charge < -0.3 is 9.84 Å². The lowest BCUT2D eigenvalue weighted by Crippen LogP contribution is -2.40. The molecule has 28 heavy (non-hydrogen) atoms. The number of thioether (sulfide) groups is 1. The molecule has 1 atom stereocenters. The van der Waals surface area contributed by atoms with Crippen LogP contribution in [0.2, 0.25) is 0 Å². The van der Waals surface area contributed by atoms with Gasteiger partial charge in [-0.15, -0.1) is 16.9 Å². The molecule has 0 aromatic carbocycles. The molecule has 3 rings (SSSR count). The molecular formula is C17H15BrFN5O3S. The lowest BCUT2D eigenvalue weighted by molar-refractivity contribution is -0.147.